The van der Waals surface area contributed by atoms with E-state index in [0.717, 1.165) is 19.4 Å². The third-order valence-electron chi connectivity index (χ3n) is 2.71. The standard InChI is InChI=1S/C11H20N2O4/c1-7(2)9(10(14)15)13-11(16)12-8-4-3-5-17-6-8/h7-9H,3-6H2,1-2H3,(H,14,15)(H2,12,13,16)/t8?,9-/m0/s1. The number of aliphatic carboxylic acids is 1. The van der Waals surface area contributed by atoms with Crippen LogP contribution in [0.25, 0.3) is 0 Å². The number of carbonyl (C=O) groups excluding carboxylic acids is 1. The molecule has 0 bridgehead atoms. The molecule has 17 heavy (non-hydrogen) atoms. The molecule has 1 heterocycles. The summed E-state index contributed by atoms with van der Waals surface area (Å²) in [5.74, 6) is -1.17. The van der Waals surface area contributed by atoms with Gasteiger partial charge >= 0.3 is 12.0 Å². The Morgan fingerprint density at radius 2 is 2.12 bits per heavy atom. The van der Waals surface area contributed by atoms with Gasteiger partial charge in [-0.3, -0.25) is 0 Å². The van der Waals surface area contributed by atoms with Crippen LogP contribution in [-0.2, 0) is 9.53 Å². The van der Waals surface area contributed by atoms with Crippen LogP contribution < -0.4 is 10.6 Å². The van der Waals surface area contributed by atoms with Crippen LogP contribution in [0.2, 0.25) is 0 Å². The Kier molecular flexibility index (Phi) is 5.21. The van der Waals surface area contributed by atoms with E-state index in [2.05, 4.69) is 10.6 Å². The minimum absolute atomic E-state index is 0.0228. The zero-order valence-electron chi connectivity index (χ0n) is 10.2. The van der Waals surface area contributed by atoms with Crippen molar-refractivity contribution in [1.29, 1.82) is 0 Å². The molecule has 0 aromatic rings. The maximum absolute atomic E-state index is 11.6. The summed E-state index contributed by atoms with van der Waals surface area (Å²) >= 11 is 0. The Hall–Kier alpha value is -1.30. The predicted octanol–water partition coefficient (Wildman–Crippen LogP) is 0.574. The molecule has 1 aliphatic heterocycles. The topological polar surface area (TPSA) is 87.7 Å². The minimum Gasteiger partial charge on any atom is -0.480 e. The van der Waals surface area contributed by atoms with Gasteiger partial charge in [0.05, 0.1) is 12.6 Å². The van der Waals surface area contributed by atoms with Gasteiger partial charge in [-0.15, -0.1) is 0 Å². The van der Waals surface area contributed by atoms with E-state index in [-0.39, 0.29) is 12.0 Å². The lowest BCUT2D eigenvalue weighted by Crippen LogP contribution is -2.52. The number of carboxylic acid groups (broad SMARTS) is 1. The molecule has 6 heteroatoms. The highest BCUT2D eigenvalue weighted by Crippen LogP contribution is 2.06. The summed E-state index contributed by atoms with van der Waals surface area (Å²) in [5, 5.41) is 14.1. The minimum atomic E-state index is -1.02. The highest BCUT2D eigenvalue weighted by molar-refractivity contribution is 5.82. The van der Waals surface area contributed by atoms with Gasteiger partial charge in [0.2, 0.25) is 0 Å². The molecule has 6 nitrogen and oxygen atoms in total. The zero-order valence-corrected chi connectivity index (χ0v) is 10.2. The van der Waals surface area contributed by atoms with Crippen molar-refractivity contribution in [3.8, 4) is 0 Å². The van der Waals surface area contributed by atoms with Gasteiger partial charge in [0, 0.05) is 6.61 Å². The van der Waals surface area contributed by atoms with Crippen molar-refractivity contribution in [3.05, 3.63) is 0 Å². The summed E-state index contributed by atoms with van der Waals surface area (Å²) < 4.78 is 5.22. The van der Waals surface area contributed by atoms with E-state index in [4.69, 9.17) is 9.84 Å². The molecule has 1 unspecified atom stereocenters. The van der Waals surface area contributed by atoms with Crippen LogP contribution in [0.5, 0.6) is 0 Å². The summed E-state index contributed by atoms with van der Waals surface area (Å²) in [6.45, 7) is 4.72. The number of hydrogen-bond acceptors (Lipinski definition) is 3. The fourth-order valence-electron chi connectivity index (χ4n) is 1.74. The van der Waals surface area contributed by atoms with Crippen LogP contribution in [0, 0.1) is 5.92 Å². The highest BCUT2D eigenvalue weighted by atomic mass is 16.5. The summed E-state index contributed by atoms with van der Waals surface area (Å²) in [6, 6.07) is -1.33. The largest absolute Gasteiger partial charge is 0.480 e. The van der Waals surface area contributed by atoms with Gasteiger partial charge < -0.3 is 20.5 Å². The molecule has 0 radical (unpaired) electrons. The second kappa shape index (κ2) is 6.44. The Bertz CT molecular complexity index is 275. The second-order valence-corrected chi connectivity index (χ2v) is 4.59. The molecular formula is C11H20N2O4. The molecule has 2 atom stereocenters. The summed E-state index contributed by atoms with van der Waals surface area (Å²) in [5.41, 5.74) is 0. The Morgan fingerprint density at radius 3 is 2.59 bits per heavy atom. The second-order valence-electron chi connectivity index (χ2n) is 4.59. The lowest BCUT2D eigenvalue weighted by Gasteiger charge is -2.25. The van der Waals surface area contributed by atoms with Crippen molar-refractivity contribution < 1.29 is 19.4 Å². The van der Waals surface area contributed by atoms with Gasteiger partial charge in [-0.25, -0.2) is 9.59 Å². The number of carboxylic acids is 1. The normalized spacial score (nSPS) is 21.9. The van der Waals surface area contributed by atoms with Crippen LogP contribution >= 0.6 is 0 Å². The SMILES string of the molecule is CC(C)[C@H](NC(=O)NC1CCCOC1)C(=O)O. The summed E-state index contributed by atoms with van der Waals surface area (Å²) in [4.78, 5) is 22.5. The first-order valence-corrected chi connectivity index (χ1v) is 5.88. The highest BCUT2D eigenvalue weighted by Gasteiger charge is 2.24. The lowest BCUT2D eigenvalue weighted by atomic mass is 10.1. The molecule has 1 saturated heterocycles. The van der Waals surface area contributed by atoms with Gasteiger partial charge in [-0.2, -0.15) is 0 Å². The molecule has 0 saturated carbocycles. The van der Waals surface area contributed by atoms with Crippen LogP contribution in [0.15, 0.2) is 0 Å². The number of hydrogen-bond donors (Lipinski definition) is 3. The van der Waals surface area contributed by atoms with Crippen molar-refractivity contribution in [2.75, 3.05) is 13.2 Å². The zero-order chi connectivity index (χ0) is 12.8. The third-order valence-corrected chi connectivity index (χ3v) is 2.71. The molecule has 1 fully saturated rings. The van der Waals surface area contributed by atoms with Crippen LogP contribution in [0.1, 0.15) is 26.7 Å². The van der Waals surface area contributed by atoms with Gasteiger partial charge in [0.1, 0.15) is 6.04 Å². The molecule has 0 aromatic carbocycles. The first-order valence-electron chi connectivity index (χ1n) is 5.88. The van der Waals surface area contributed by atoms with Crippen molar-refractivity contribution >= 4 is 12.0 Å². The average molecular weight is 244 g/mol. The van der Waals surface area contributed by atoms with Gasteiger partial charge in [0.25, 0.3) is 0 Å². The van der Waals surface area contributed by atoms with E-state index in [0.29, 0.717) is 6.61 Å². The fraction of sp³-hybridized carbons (Fsp3) is 0.818. The maximum Gasteiger partial charge on any atom is 0.326 e. The van der Waals surface area contributed by atoms with E-state index in [1.807, 2.05) is 0 Å². The summed E-state index contributed by atoms with van der Waals surface area (Å²) in [7, 11) is 0. The van der Waals surface area contributed by atoms with Crippen LogP contribution in [0.4, 0.5) is 4.79 Å². The number of amides is 2. The first kappa shape index (κ1) is 13.8. The molecule has 0 spiro atoms. The van der Waals surface area contributed by atoms with E-state index in [9.17, 15) is 9.59 Å². The fourth-order valence-corrected chi connectivity index (χ4v) is 1.74. The monoisotopic (exact) mass is 244 g/mol. The number of nitrogens with one attached hydrogen (secondary N) is 2. The Morgan fingerprint density at radius 1 is 1.41 bits per heavy atom. The molecule has 0 aliphatic carbocycles. The molecule has 0 aromatic heterocycles. The van der Waals surface area contributed by atoms with Crippen molar-refractivity contribution in [1.82, 2.24) is 10.6 Å². The van der Waals surface area contributed by atoms with E-state index < -0.39 is 18.0 Å². The third kappa shape index (κ3) is 4.60. The first-order chi connectivity index (χ1) is 8.00. The van der Waals surface area contributed by atoms with Crippen molar-refractivity contribution in [3.63, 3.8) is 0 Å². The lowest BCUT2D eigenvalue weighted by molar-refractivity contribution is -0.140. The number of ether oxygens (including phenoxy) is 1. The summed E-state index contributed by atoms with van der Waals surface area (Å²) in [6.07, 6.45) is 1.78. The number of rotatable bonds is 4. The van der Waals surface area contributed by atoms with E-state index in [1.54, 1.807) is 13.8 Å². The van der Waals surface area contributed by atoms with E-state index >= 15 is 0 Å². The Balaban J connectivity index is 2.38. The average Bonchev–Trinajstić information content (AvgIpc) is 2.26. The Labute approximate surface area is 101 Å². The number of urea groups is 1. The number of carbonyl (C=O) groups is 2. The van der Waals surface area contributed by atoms with Crippen molar-refractivity contribution in [2.24, 2.45) is 5.92 Å². The van der Waals surface area contributed by atoms with Crippen LogP contribution in [-0.4, -0.2) is 42.4 Å². The predicted molar refractivity (Wildman–Crippen MR) is 61.8 cm³/mol. The molecule has 3 N–H and O–H groups in total. The maximum atomic E-state index is 11.6. The van der Waals surface area contributed by atoms with Gasteiger partial charge in [-0.1, -0.05) is 13.8 Å². The molecule has 1 aliphatic rings. The molecule has 2 amide bonds. The smallest absolute Gasteiger partial charge is 0.326 e. The van der Waals surface area contributed by atoms with Crippen molar-refractivity contribution in [2.45, 2.75) is 38.8 Å². The van der Waals surface area contributed by atoms with Gasteiger partial charge in [0.15, 0.2) is 0 Å². The van der Waals surface area contributed by atoms with E-state index in [1.165, 1.54) is 0 Å². The quantitative estimate of drug-likeness (QED) is 0.674. The van der Waals surface area contributed by atoms with Gasteiger partial charge in [-0.05, 0) is 18.8 Å². The molecule has 98 valence electrons. The molecule has 1 rings (SSSR count). The van der Waals surface area contributed by atoms with Crippen LogP contribution in [0.3, 0.4) is 0 Å². The molecular weight excluding hydrogens is 224 g/mol.